The second-order valence-electron chi connectivity index (χ2n) is 5.29. The Labute approximate surface area is 107 Å². The van der Waals surface area contributed by atoms with Crippen molar-refractivity contribution in [2.45, 2.75) is 19.8 Å². The Morgan fingerprint density at radius 2 is 1.24 bits per heavy atom. The van der Waals surface area contributed by atoms with Crippen LogP contribution >= 0.6 is 0 Å². The van der Waals surface area contributed by atoms with Crippen LogP contribution in [0, 0.1) is 0 Å². The molecule has 0 amide bonds. The Bertz CT molecular complexity index is 191. The molecule has 0 rings (SSSR count). The first kappa shape index (κ1) is 16.6. The Kier molecular flexibility index (Phi) is 9.31. The van der Waals surface area contributed by atoms with Crippen LogP contribution in [0.5, 0.6) is 0 Å². The molecule has 0 aromatic heterocycles. The summed E-state index contributed by atoms with van der Waals surface area (Å²) < 4.78 is 0. The van der Waals surface area contributed by atoms with Crippen molar-refractivity contribution >= 4 is 5.78 Å². The third-order valence-corrected chi connectivity index (χ3v) is 2.61. The summed E-state index contributed by atoms with van der Waals surface area (Å²) in [7, 11) is 8.34. The normalized spacial score (nSPS) is 11.8. The van der Waals surface area contributed by atoms with Gasteiger partial charge in [0.1, 0.15) is 5.78 Å². The molecule has 0 aliphatic carbocycles. The summed E-state index contributed by atoms with van der Waals surface area (Å²) in [5.74, 6) is 0.264. The van der Waals surface area contributed by atoms with Gasteiger partial charge in [0.15, 0.2) is 0 Å². The number of rotatable bonds is 10. The number of hydrogen-bond acceptors (Lipinski definition) is 4. The molecule has 0 aromatic carbocycles. The van der Waals surface area contributed by atoms with E-state index in [9.17, 15) is 4.79 Å². The molecule has 0 saturated heterocycles. The second-order valence-corrected chi connectivity index (χ2v) is 5.29. The van der Waals surface area contributed by atoms with E-state index >= 15 is 0 Å². The van der Waals surface area contributed by atoms with E-state index in [0.29, 0.717) is 6.54 Å². The largest absolute Gasteiger partial charge is 0.309 e. The Balaban J connectivity index is 3.83. The third-order valence-electron chi connectivity index (χ3n) is 2.61. The van der Waals surface area contributed by atoms with Gasteiger partial charge >= 0.3 is 0 Å². The highest BCUT2D eigenvalue weighted by Gasteiger charge is 2.07. The summed E-state index contributed by atoms with van der Waals surface area (Å²) in [5, 5.41) is 0. The van der Waals surface area contributed by atoms with E-state index < -0.39 is 0 Å². The standard InChI is InChI=1S/C13H29N3O/c1-13(17)12-16(10-6-8-14(2)3)11-7-9-15(4)5/h6-12H2,1-5H3. The summed E-state index contributed by atoms with van der Waals surface area (Å²) in [6, 6.07) is 0. The van der Waals surface area contributed by atoms with Crippen LogP contribution in [0.15, 0.2) is 0 Å². The highest BCUT2D eigenvalue weighted by atomic mass is 16.1. The lowest BCUT2D eigenvalue weighted by molar-refractivity contribution is -0.118. The molecule has 0 aliphatic heterocycles. The van der Waals surface area contributed by atoms with Crippen molar-refractivity contribution in [3.8, 4) is 0 Å². The summed E-state index contributed by atoms with van der Waals surface area (Å²) in [5.41, 5.74) is 0. The van der Waals surface area contributed by atoms with Gasteiger partial charge in [-0.05, 0) is 74.1 Å². The number of Topliss-reactive ketones (excluding diaryl/α,β-unsaturated/α-hetero) is 1. The molecule has 4 heteroatoms. The van der Waals surface area contributed by atoms with Crippen LogP contribution in [-0.2, 0) is 4.79 Å². The van der Waals surface area contributed by atoms with Crippen LogP contribution in [0.4, 0.5) is 0 Å². The van der Waals surface area contributed by atoms with Crippen molar-refractivity contribution in [1.29, 1.82) is 0 Å². The number of hydrogen-bond donors (Lipinski definition) is 0. The lowest BCUT2D eigenvalue weighted by Crippen LogP contribution is -2.33. The van der Waals surface area contributed by atoms with Gasteiger partial charge in [0.25, 0.3) is 0 Å². The molecule has 0 bridgehead atoms. The Hall–Kier alpha value is -0.450. The van der Waals surface area contributed by atoms with E-state index in [-0.39, 0.29) is 5.78 Å². The molecule has 0 heterocycles. The highest BCUT2D eigenvalue weighted by Crippen LogP contribution is 1.97. The van der Waals surface area contributed by atoms with E-state index in [2.05, 4.69) is 42.9 Å². The van der Waals surface area contributed by atoms with Crippen molar-refractivity contribution in [1.82, 2.24) is 14.7 Å². The molecule has 0 N–H and O–H groups in total. The maximum absolute atomic E-state index is 11.2. The first-order valence-corrected chi connectivity index (χ1v) is 6.43. The Morgan fingerprint density at radius 3 is 1.53 bits per heavy atom. The average Bonchev–Trinajstić information content (AvgIpc) is 2.15. The molecule has 0 spiro atoms. The summed E-state index contributed by atoms with van der Waals surface area (Å²) in [4.78, 5) is 17.8. The summed E-state index contributed by atoms with van der Waals surface area (Å²) >= 11 is 0. The van der Waals surface area contributed by atoms with Crippen LogP contribution in [0.25, 0.3) is 0 Å². The van der Waals surface area contributed by atoms with E-state index in [1.165, 1.54) is 0 Å². The molecule has 17 heavy (non-hydrogen) atoms. The first-order valence-electron chi connectivity index (χ1n) is 6.43. The van der Waals surface area contributed by atoms with Crippen LogP contribution < -0.4 is 0 Å². The van der Waals surface area contributed by atoms with E-state index in [4.69, 9.17) is 0 Å². The first-order chi connectivity index (χ1) is 7.91. The zero-order valence-corrected chi connectivity index (χ0v) is 12.2. The summed E-state index contributed by atoms with van der Waals surface area (Å²) in [6.45, 7) is 6.48. The predicted molar refractivity (Wildman–Crippen MR) is 73.5 cm³/mol. The molecule has 0 atom stereocenters. The van der Waals surface area contributed by atoms with E-state index in [1.54, 1.807) is 6.92 Å². The van der Waals surface area contributed by atoms with Gasteiger partial charge in [-0.25, -0.2) is 0 Å². The summed E-state index contributed by atoms with van der Waals surface area (Å²) in [6.07, 6.45) is 2.25. The Morgan fingerprint density at radius 1 is 0.824 bits per heavy atom. The average molecular weight is 243 g/mol. The minimum Gasteiger partial charge on any atom is -0.309 e. The van der Waals surface area contributed by atoms with Crippen molar-refractivity contribution < 1.29 is 4.79 Å². The molecule has 0 unspecified atom stereocenters. The monoisotopic (exact) mass is 243 g/mol. The molecule has 4 nitrogen and oxygen atoms in total. The topological polar surface area (TPSA) is 26.8 Å². The van der Waals surface area contributed by atoms with Crippen molar-refractivity contribution in [3.63, 3.8) is 0 Å². The lowest BCUT2D eigenvalue weighted by atomic mass is 10.3. The van der Waals surface area contributed by atoms with Crippen molar-refractivity contribution in [3.05, 3.63) is 0 Å². The maximum Gasteiger partial charge on any atom is 0.143 e. The van der Waals surface area contributed by atoms with Crippen LogP contribution in [0.1, 0.15) is 19.8 Å². The van der Waals surface area contributed by atoms with Crippen LogP contribution in [0.3, 0.4) is 0 Å². The molecule has 0 aromatic rings. The molecule has 0 saturated carbocycles. The van der Waals surface area contributed by atoms with Gasteiger partial charge in [0.2, 0.25) is 0 Å². The molecular weight excluding hydrogens is 214 g/mol. The molecular formula is C13H29N3O. The predicted octanol–water partition coefficient (Wildman–Crippen LogP) is 0.781. The van der Waals surface area contributed by atoms with E-state index in [0.717, 1.165) is 39.0 Å². The fourth-order valence-corrected chi connectivity index (χ4v) is 1.81. The quantitative estimate of drug-likeness (QED) is 0.566. The third kappa shape index (κ3) is 11.8. The SMILES string of the molecule is CC(=O)CN(CCCN(C)C)CCCN(C)C. The second kappa shape index (κ2) is 9.57. The molecule has 0 radical (unpaired) electrons. The smallest absolute Gasteiger partial charge is 0.143 e. The van der Waals surface area contributed by atoms with Gasteiger partial charge in [-0.3, -0.25) is 9.69 Å². The van der Waals surface area contributed by atoms with Gasteiger partial charge in [-0.2, -0.15) is 0 Å². The van der Waals surface area contributed by atoms with Gasteiger partial charge in [-0.15, -0.1) is 0 Å². The highest BCUT2D eigenvalue weighted by molar-refractivity contribution is 5.77. The van der Waals surface area contributed by atoms with Gasteiger partial charge in [0.05, 0.1) is 6.54 Å². The van der Waals surface area contributed by atoms with Crippen LogP contribution in [-0.4, -0.2) is 81.4 Å². The van der Waals surface area contributed by atoms with Crippen molar-refractivity contribution in [2.24, 2.45) is 0 Å². The zero-order valence-electron chi connectivity index (χ0n) is 12.2. The lowest BCUT2D eigenvalue weighted by Gasteiger charge is -2.22. The van der Waals surface area contributed by atoms with Crippen LogP contribution in [0.2, 0.25) is 0 Å². The number of nitrogens with zero attached hydrogens (tertiary/aromatic N) is 3. The van der Waals surface area contributed by atoms with Crippen molar-refractivity contribution in [2.75, 3.05) is 60.9 Å². The molecule has 0 fully saturated rings. The number of carbonyl (C=O) groups excluding carboxylic acids is 1. The zero-order chi connectivity index (χ0) is 13.3. The molecule has 102 valence electrons. The maximum atomic E-state index is 11.2. The fraction of sp³-hybridized carbons (Fsp3) is 0.923. The van der Waals surface area contributed by atoms with Gasteiger partial charge in [0, 0.05) is 0 Å². The van der Waals surface area contributed by atoms with Gasteiger partial charge in [-0.1, -0.05) is 0 Å². The van der Waals surface area contributed by atoms with Gasteiger partial charge < -0.3 is 9.80 Å². The number of ketones is 1. The van der Waals surface area contributed by atoms with E-state index in [1.807, 2.05) is 0 Å². The minimum absolute atomic E-state index is 0.264. The number of carbonyl (C=O) groups is 1. The minimum atomic E-state index is 0.264. The fourth-order valence-electron chi connectivity index (χ4n) is 1.81. The molecule has 0 aliphatic rings.